The topological polar surface area (TPSA) is 62.2 Å². The van der Waals surface area contributed by atoms with E-state index in [4.69, 9.17) is 5.11 Å². The SMILES string of the molecule is O=C(O)c1cc(NC(C2CC2)C2CC2)ccn1. The van der Waals surface area contributed by atoms with Gasteiger partial charge in [-0.05, 0) is 49.7 Å². The van der Waals surface area contributed by atoms with E-state index in [-0.39, 0.29) is 5.69 Å². The van der Waals surface area contributed by atoms with Gasteiger partial charge in [-0.3, -0.25) is 0 Å². The van der Waals surface area contributed by atoms with Crippen molar-refractivity contribution in [3.8, 4) is 0 Å². The highest BCUT2D eigenvalue weighted by atomic mass is 16.4. The zero-order valence-electron chi connectivity index (χ0n) is 9.60. The summed E-state index contributed by atoms with van der Waals surface area (Å²) >= 11 is 0. The standard InChI is InChI=1S/C13H16N2O2/c16-13(17)11-7-10(5-6-14-11)15-12(8-1-2-8)9-3-4-9/h5-9,12H,1-4H2,(H,14,15)(H,16,17). The molecule has 0 radical (unpaired) electrons. The van der Waals surface area contributed by atoms with Crippen molar-refractivity contribution in [2.24, 2.45) is 11.8 Å². The van der Waals surface area contributed by atoms with Gasteiger partial charge in [0.25, 0.3) is 0 Å². The second-order valence-corrected chi connectivity index (χ2v) is 5.08. The molecule has 1 aromatic rings. The molecule has 17 heavy (non-hydrogen) atoms. The molecule has 2 fully saturated rings. The molecule has 0 spiro atoms. The summed E-state index contributed by atoms with van der Waals surface area (Å²) in [6.45, 7) is 0. The number of aromatic nitrogens is 1. The Labute approximate surface area is 100 Å². The molecule has 90 valence electrons. The van der Waals surface area contributed by atoms with Crippen LogP contribution in [0, 0.1) is 11.8 Å². The lowest BCUT2D eigenvalue weighted by Crippen LogP contribution is -2.24. The molecule has 2 aliphatic carbocycles. The molecule has 0 aromatic carbocycles. The van der Waals surface area contributed by atoms with Crippen LogP contribution in [-0.4, -0.2) is 22.1 Å². The number of hydrogen-bond acceptors (Lipinski definition) is 3. The van der Waals surface area contributed by atoms with Crippen molar-refractivity contribution in [3.63, 3.8) is 0 Å². The van der Waals surface area contributed by atoms with Crippen molar-refractivity contribution in [2.75, 3.05) is 5.32 Å². The molecular weight excluding hydrogens is 216 g/mol. The highest BCUT2D eigenvalue weighted by molar-refractivity contribution is 5.86. The van der Waals surface area contributed by atoms with Gasteiger partial charge in [-0.1, -0.05) is 0 Å². The molecule has 1 aromatic heterocycles. The van der Waals surface area contributed by atoms with Crippen molar-refractivity contribution < 1.29 is 9.90 Å². The number of nitrogens with one attached hydrogen (secondary N) is 1. The Balaban J connectivity index is 1.74. The van der Waals surface area contributed by atoms with Crippen LogP contribution in [0.1, 0.15) is 36.2 Å². The predicted molar refractivity (Wildman–Crippen MR) is 64.1 cm³/mol. The number of anilines is 1. The number of carboxylic acid groups (broad SMARTS) is 1. The van der Waals surface area contributed by atoms with E-state index in [1.54, 1.807) is 12.3 Å². The molecule has 2 N–H and O–H groups in total. The van der Waals surface area contributed by atoms with E-state index in [0.29, 0.717) is 6.04 Å². The first kappa shape index (κ1) is 10.6. The van der Waals surface area contributed by atoms with E-state index >= 15 is 0 Å². The van der Waals surface area contributed by atoms with Crippen LogP contribution in [0.25, 0.3) is 0 Å². The minimum atomic E-state index is -0.969. The molecule has 2 saturated carbocycles. The second kappa shape index (κ2) is 4.02. The van der Waals surface area contributed by atoms with Crippen LogP contribution < -0.4 is 5.32 Å². The Morgan fingerprint density at radius 1 is 1.35 bits per heavy atom. The number of pyridine rings is 1. The van der Waals surface area contributed by atoms with Gasteiger partial charge in [0, 0.05) is 17.9 Å². The van der Waals surface area contributed by atoms with Gasteiger partial charge in [-0.25, -0.2) is 9.78 Å². The minimum absolute atomic E-state index is 0.111. The van der Waals surface area contributed by atoms with Crippen LogP contribution >= 0.6 is 0 Å². The second-order valence-electron chi connectivity index (χ2n) is 5.08. The number of carbonyl (C=O) groups is 1. The van der Waals surface area contributed by atoms with Crippen LogP contribution in [0.4, 0.5) is 5.69 Å². The van der Waals surface area contributed by atoms with E-state index in [0.717, 1.165) is 17.5 Å². The van der Waals surface area contributed by atoms with Crippen molar-refractivity contribution in [2.45, 2.75) is 31.7 Å². The van der Waals surface area contributed by atoms with Crippen LogP contribution in [0.5, 0.6) is 0 Å². The summed E-state index contributed by atoms with van der Waals surface area (Å²) in [4.78, 5) is 14.7. The fraction of sp³-hybridized carbons (Fsp3) is 0.538. The number of nitrogens with zero attached hydrogens (tertiary/aromatic N) is 1. The fourth-order valence-corrected chi connectivity index (χ4v) is 2.36. The molecular formula is C13H16N2O2. The number of aromatic carboxylic acids is 1. The smallest absolute Gasteiger partial charge is 0.354 e. The van der Waals surface area contributed by atoms with Gasteiger partial charge in [0.2, 0.25) is 0 Å². The van der Waals surface area contributed by atoms with Crippen molar-refractivity contribution in [3.05, 3.63) is 24.0 Å². The summed E-state index contributed by atoms with van der Waals surface area (Å²) in [5, 5.41) is 12.4. The Kier molecular flexibility index (Phi) is 2.50. The van der Waals surface area contributed by atoms with Gasteiger partial charge in [0.05, 0.1) is 0 Å². The molecule has 0 aliphatic heterocycles. The minimum Gasteiger partial charge on any atom is -0.477 e. The van der Waals surface area contributed by atoms with E-state index < -0.39 is 5.97 Å². The highest BCUT2D eigenvalue weighted by Gasteiger charge is 2.41. The lowest BCUT2D eigenvalue weighted by Gasteiger charge is -2.19. The summed E-state index contributed by atoms with van der Waals surface area (Å²) < 4.78 is 0. The Morgan fingerprint density at radius 3 is 2.53 bits per heavy atom. The van der Waals surface area contributed by atoms with E-state index in [9.17, 15) is 4.79 Å². The summed E-state index contributed by atoms with van der Waals surface area (Å²) in [6, 6.07) is 4.02. The Morgan fingerprint density at radius 2 is 2.00 bits per heavy atom. The quantitative estimate of drug-likeness (QED) is 0.818. The number of carboxylic acids is 1. The normalized spacial score (nSPS) is 19.4. The molecule has 0 unspecified atom stereocenters. The van der Waals surface area contributed by atoms with Gasteiger partial charge in [-0.15, -0.1) is 0 Å². The monoisotopic (exact) mass is 232 g/mol. The average Bonchev–Trinajstić information content (AvgIpc) is 3.16. The molecule has 0 bridgehead atoms. The molecule has 2 aliphatic rings. The first-order valence-electron chi connectivity index (χ1n) is 6.20. The predicted octanol–water partition coefficient (Wildman–Crippen LogP) is 2.38. The Hall–Kier alpha value is -1.58. The zero-order chi connectivity index (χ0) is 11.8. The molecule has 1 heterocycles. The summed E-state index contributed by atoms with van der Waals surface area (Å²) in [7, 11) is 0. The van der Waals surface area contributed by atoms with Crippen LogP contribution in [0.2, 0.25) is 0 Å². The lowest BCUT2D eigenvalue weighted by atomic mass is 10.1. The van der Waals surface area contributed by atoms with Gasteiger partial charge in [-0.2, -0.15) is 0 Å². The van der Waals surface area contributed by atoms with Crippen LogP contribution in [0.15, 0.2) is 18.3 Å². The summed E-state index contributed by atoms with van der Waals surface area (Å²) in [5.41, 5.74) is 1.00. The fourth-order valence-electron chi connectivity index (χ4n) is 2.36. The molecule has 4 heteroatoms. The van der Waals surface area contributed by atoms with Gasteiger partial charge >= 0.3 is 5.97 Å². The maximum absolute atomic E-state index is 10.8. The zero-order valence-corrected chi connectivity index (χ0v) is 9.60. The average molecular weight is 232 g/mol. The third-order valence-electron chi connectivity index (χ3n) is 3.57. The third kappa shape index (κ3) is 2.40. The summed E-state index contributed by atoms with van der Waals surface area (Å²) in [6.07, 6.45) is 6.80. The first-order chi connectivity index (χ1) is 8.24. The van der Waals surface area contributed by atoms with Crippen molar-refractivity contribution >= 4 is 11.7 Å². The molecule has 0 atom stereocenters. The van der Waals surface area contributed by atoms with Gasteiger partial charge in [0.15, 0.2) is 0 Å². The largest absolute Gasteiger partial charge is 0.477 e. The van der Waals surface area contributed by atoms with Crippen LogP contribution in [-0.2, 0) is 0 Å². The van der Waals surface area contributed by atoms with Gasteiger partial charge in [0.1, 0.15) is 5.69 Å². The van der Waals surface area contributed by atoms with E-state index in [2.05, 4.69) is 10.3 Å². The van der Waals surface area contributed by atoms with Crippen LogP contribution in [0.3, 0.4) is 0 Å². The summed E-state index contributed by atoms with van der Waals surface area (Å²) in [5.74, 6) is 0.621. The molecule has 0 amide bonds. The Bertz CT molecular complexity index is 427. The molecule has 4 nitrogen and oxygen atoms in total. The number of rotatable bonds is 5. The third-order valence-corrected chi connectivity index (χ3v) is 3.57. The molecule has 0 saturated heterocycles. The van der Waals surface area contributed by atoms with Crippen molar-refractivity contribution in [1.29, 1.82) is 0 Å². The molecule has 3 rings (SSSR count). The maximum atomic E-state index is 10.8. The maximum Gasteiger partial charge on any atom is 0.354 e. The lowest BCUT2D eigenvalue weighted by molar-refractivity contribution is 0.0690. The van der Waals surface area contributed by atoms with E-state index in [1.165, 1.54) is 25.7 Å². The number of hydrogen-bond donors (Lipinski definition) is 2. The first-order valence-corrected chi connectivity index (χ1v) is 6.20. The highest BCUT2D eigenvalue weighted by Crippen LogP contribution is 2.45. The van der Waals surface area contributed by atoms with Gasteiger partial charge < -0.3 is 10.4 Å². The van der Waals surface area contributed by atoms with E-state index in [1.807, 2.05) is 6.07 Å². The van der Waals surface area contributed by atoms with Crippen molar-refractivity contribution in [1.82, 2.24) is 4.98 Å².